The summed E-state index contributed by atoms with van der Waals surface area (Å²) >= 11 is 1.48. The van der Waals surface area contributed by atoms with Crippen molar-refractivity contribution in [2.75, 3.05) is 32.5 Å². The number of rotatable bonds is 5. The summed E-state index contributed by atoms with van der Waals surface area (Å²) in [6.07, 6.45) is 1.11. The molecule has 6 heteroatoms. The molecule has 0 amide bonds. The highest BCUT2D eigenvalue weighted by Gasteiger charge is 2.13. The monoisotopic (exact) mass is 336 g/mol. The van der Waals surface area contributed by atoms with E-state index in [1.54, 1.807) is 0 Å². The Bertz CT molecular complexity index is 769. The first-order valence-electron chi connectivity index (χ1n) is 7.20. The highest BCUT2D eigenvalue weighted by Crippen LogP contribution is 2.34. The van der Waals surface area contributed by atoms with Crippen LogP contribution in [-0.4, -0.2) is 41.4 Å². The van der Waals surface area contributed by atoms with Gasteiger partial charge in [-0.1, -0.05) is 18.2 Å². The third kappa shape index (κ3) is 3.32. The second kappa shape index (κ2) is 7.22. The van der Waals surface area contributed by atoms with Crippen LogP contribution < -0.4 is 5.32 Å². The molecule has 0 saturated heterocycles. The molecule has 4 nitrogen and oxygen atoms in total. The fourth-order valence-corrected chi connectivity index (χ4v) is 3.34. The van der Waals surface area contributed by atoms with Crippen LogP contribution in [0.4, 0.5) is 5.69 Å². The highest BCUT2D eigenvalue weighted by atomic mass is 35.5. The number of hydrogen-bond acceptors (Lipinski definition) is 5. The molecule has 0 spiro atoms. The van der Waals surface area contributed by atoms with E-state index in [1.807, 2.05) is 6.07 Å². The van der Waals surface area contributed by atoms with Gasteiger partial charge < -0.3 is 10.2 Å². The molecule has 3 rings (SSSR count). The van der Waals surface area contributed by atoms with E-state index in [9.17, 15) is 0 Å². The van der Waals surface area contributed by atoms with Gasteiger partial charge in [0, 0.05) is 11.9 Å². The Morgan fingerprint density at radius 1 is 1.23 bits per heavy atom. The van der Waals surface area contributed by atoms with Gasteiger partial charge in [0.2, 0.25) is 0 Å². The number of anilines is 1. The molecule has 0 unspecified atom stereocenters. The SMILES string of the molecule is Cc1nsc2nc3ccccc3c(NCCCN(C)C)c12.Cl. The quantitative estimate of drug-likeness (QED) is 0.716. The minimum atomic E-state index is 0. The van der Waals surface area contributed by atoms with Crippen LogP contribution in [-0.2, 0) is 0 Å². The van der Waals surface area contributed by atoms with Gasteiger partial charge in [-0.25, -0.2) is 4.98 Å². The lowest BCUT2D eigenvalue weighted by Gasteiger charge is -2.13. The van der Waals surface area contributed by atoms with Crippen LogP contribution in [0.25, 0.3) is 21.1 Å². The number of benzene rings is 1. The number of halogens is 1. The summed E-state index contributed by atoms with van der Waals surface area (Å²) in [6.45, 7) is 4.09. The first-order valence-corrected chi connectivity index (χ1v) is 7.97. The van der Waals surface area contributed by atoms with Gasteiger partial charge in [0.15, 0.2) is 0 Å². The normalized spacial score (nSPS) is 11.1. The molecule has 0 atom stereocenters. The van der Waals surface area contributed by atoms with Crippen molar-refractivity contribution in [1.29, 1.82) is 0 Å². The number of pyridine rings is 1. The van der Waals surface area contributed by atoms with Crippen LogP contribution in [0.15, 0.2) is 24.3 Å². The first-order chi connectivity index (χ1) is 10.2. The number of para-hydroxylation sites is 1. The van der Waals surface area contributed by atoms with Gasteiger partial charge in [-0.3, -0.25) is 0 Å². The zero-order chi connectivity index (χ0) is 14.8. The minimum Gasteiger partial charge on any atom is -0.384 e. The van der Waals surface area contributed by atoms with Crippen LogP contribution in [0.3, 0.4) is 0 Å². The average Bonchev–Trinajstić information content (AvgIpc) is 2.83. The lowest BCUT2D eigenvalue weighted by Crippen LogP contribution is -2.16. The molecule has 0 aliphatic rings. The molecule has 0 bridgehead atoms. The second-order valence-electron chi connectivity index (χ2n) is 5.54. The Kier molecular flexibility index (Phi) is 5.56. The maximum atomic E-state index is 4.72. The van der Waals surface area contributed by atoms with Gasteiger partial charge in [0.25, 0.3) is 0 Å². The number of nitrogens with one attached hydrogen (secondary N) is 1. The van der Waals surface area contributed by atoms with Crippen molar-refractivity contribution in [3.8, 4) is 0 Å². The predicted octanol–water partition coefficient (Wildman–Crippen LogP) is 3.94. The van der Waals surface area contributed by atoms with Crippen molar-refractivity contribution < 1.29 is 0 Å². The van der Waals surface area contributed by atoms with Crippen molar-refractivity contribution in [1.82, 2.24) is 14.3 Å². The number of aromatic nitrogens is 2. The summed E-state index contributed by atoms with van der Waals surface area (Å²) in [5.41, 5.74) is 3.27. The zero-order valence-electron chi connectivity index (χ0n) is 13.1. The molecule has 2 aromatic heterocycles. The van der Waals surface area contributed by atoms with E-state index in [0.717, 1.165) is 35.6 Å². The van der Waals surface area contributed by atoms with Gasteiger partial charge in [-0.2, -0.15) is 4.37 Å². The Morgan fingerprint density at radius 2 is 2.00 bits per heavy atom. The standard InChI is InChI=1S/C16H20N4S.ClH/c1-11-14-15(17-9-6-10-20(2)3)12-7-4-5-8-13(12)18-16(14)21-19-11;/h4-5,7-8H,6,9-10H2,1-3H3,(H,17,18);1H. The molecule has 0 aliphatic carbocycles. The largest absolute Gasteiger partial charge is 0.384 e. The molecule has 0 radical (unpaired) electrons. The van der Waals surface area contributed by atoms with Crippen LogP contribution in [0.1, 0.15) is 12.1 Å². The molecule has 1 N–H and O–H groups in total. The van der Waals surface area contributed by atoms with E-state index >= 15 is 0 Å². The summed E-state index contributed by atoms with van der Waals surface area (Å²) in [4.78, 5) is 7.95. The lowest BCUT2D eigenvalue weighted by atomic mass is 10.1. The van der Waals surface area contributed by atoms with E-state index < -0.39 is 0 Å². The predicted molar refractivity (Wildman–Crippen MR) is 98.6 cm³/mol. The molecule has 0 fully saturated rings. The van der Waals surface area contributed by atoms with Gasteiger partial charge in [0.05, 0.1) is 22.3 Å². The number of nitrogens with zero attached hydrogens (tertiary/aromatic N) is 3. The Labute approximate surface area is 141 Å². The second-order valence-corrected chi connectivity index (χ2v) is 6.29. The van der Waals surface area contributed by atoms with Crippen LogP contribution in [0, 0.1) is 6.92 Å². The summed E-state index contributed by atoms with van der Waals surface area (Å²) in [5.74, 6) is 0. The smallest absolute Gasteiger partial charge is 0.146 e. The third-order valence-corrected chi connectivity index (χ3v) is 4.41. The van der Waals surface area contributed by atoms with Gasteiger partial charge >= 0.3 is 0 Å². The Balaban J connectivity index is 0.00000176. The molecule has 1 aromatic carbocycles. The Hall–Kier alpha value is -1.43. The van der Waals surface area contributed by atoms with Gasteiger partial charge in [0.1, 0.15) is 4.83 Å². The maximum Gasteiger partial charge on any atom is 0.146 e. The lowest BCUT2D eigenvalue weighted by molar-refractivity contribution is 0.405. The number of aryl methyl sites for hydroxylation is 1. The molecular weight excluding hydrogens is 316 g/mol. The van der Waals surface area contributed by atoms with Crippen LogP contribution in [0.5, 0.6) is 0 Å². The fourth-order valence-electron chi connectivity index (χ4n) is 2.54. The summed E-state index contributed by atoms with van der Waals surface area (Å²) in [5, 5.41) is 5.96. The zero-order valence-corrected chi connectivity index (χ0v) is 14.7. The first kappa shape index (κ1) is 16.9. The molecular formula is C16H21ClN4S. The van der Waals surface area contributed by atoms with Gasteiger partial charge in [-0.05, 0) is 51.6 Å². The molecule has 3 aromatic rings. The van der Waals surface area contributed by atoms with E-state index in [2.05, 4.69) is 53.8 Å². The van der Waals surface area contributed by atoms with E-state index in [0.29, 0.717) is 0 Å². The van der Waals surface area contributed by atoms with Crippen molar-refractivity contribution in [2.24, 2.45) is 0 Å². The maximum absolute atomic E-state index is 4.72. The number of fused-ring (bicyclic) bond motifs is 2. The van der Waals surface area contributed by atoms with Crippen molar-refractivity contribution in [3.05, 3.63) is 30.0 Å². The number of hydrogen-bond donors (Lipinski definition) is 1. The summed E-state index contributed by atoms with van der Waals surface area (Å²) in [6, 6.07) is 8.29. The van der Waals surface area contributed by atoms with Crippen molar-refractivity contribution in [2.45, 2.75) is 13.3 Å². The summed E-state index contributed by atoms with van der Waals surface area (Å²) in [7, 11) is 4.21. The minimum absolute atomic E-state index is 0. The third-order valence-electron chi connectivity index (χ3n) is 3.57. The molecule has 2 heterocycles. The van der Waals surface area contributed by atoms with Crippen molar-refractivity contribution in [3.63, 3.8) is 0 Å². The van der Waals surface area contributed by atoms with E-state index in [-0.39, 0.29) is 12.4 Å². The van der Waals surface area contributed by atoms with Crippen LogP contribution in [0.2, 0.25) is 0 Å². The topological polar surface area (TPSA) is 41.1 Å². The molecule has 0 saturated carbocycles. The summed E-state index contributed by atoms with van der Waals surface area (Å²) < 4.78 is 4.47. The molecule has 22 heavy (non-hydrogen) atoms. The van der Waals surface area contributed by atoms with E-state index in [4.69, 9.17) is 4.98 Å². The van der Waals surface area contributed by atoms with E-state index in [1.165, 1.54) is 28.0 Å². The fraction of sp³-hybridized carbons (Fsp3) is 0.375. The molecule has 118 valence electrons. The van der Waals surface area contributed by atoms with Crippen molar-refractivity contribution >= 4 is 50.7 Å². The van der Waals surface area contributed by atoms with Gasteiger partial charge in [-0.15, -0.1) is 12.4 Å². The highest BCUT2D eigenvalue weighted by molar-refractivity contribution is 7.13. The average molecular weight is 337 g/mol. The Morgan fingerprint density at radius 3 is 2.77 bits per heavy atom. The van der Waals surface area contributed by atoms with Crippen LogP contribution >= 0.6 is 23.9 Å². The molecule has 0 aliphatic heterocycles.